The zero-order valence-corrected chi connectivity index (χ0v) is 10.4. The molecule has 90 valence electrons. The summed E-state index contributed by atoms with van der Waals surface area (Å²) in [5.41, 5.74) is -0.632. The molecule has 0 aliphatic carbocycles. The van der Waals surface area contributed by atoms with Crippen LogP contribution in [0.1, 0.15) is 34.8 Å². The molecule has 1 aromatic rings. The van der Waals surface area contributed by atoms with Gasteiger partial charge in [-0.05, 0) is 28.9 Å². The van der Waals surface area contributed by atoms with E-state index in [1.165, 1.54) is 6.07 Å². The number of nitrogens with zero attached hydrogens (tertiary/aromatic N) is 1. The predicted molar refractivity (Wildman–Crippen MR) is 59.8 cm³/mol. The van der Waals surface area contributed by atoms with Crippen LogP contribution >= 0.6 is 15.9 Å². The minimum atomic E-state index is -2.81. The van der Waals surface area contributed by atoms with Crippen LogP contribution in [0.15, 0.2) is 16.6 Å². The first kappa shape index (κ1) is 13.6. The molecule has 0 aromatic heterocycles. The molecule has 0 saturated heterocycles. The van der Waals surface area contributed by atoms with Gasteiger partial charge in [0.1, 0.15) is 6.07 Å². The SMILES string of the molecule is CCOC(=O)c1c(C(F)F)ccc(C#N)c1Br. The zero-order valence-electron chi connectivity index (χ0n) is 8.84. The van der Waals surface area contributed by atoms with Crippen molar-refractivity contribution in [2.45, 2.75) is 13.3 Å². The van der Waals surface area contributed by atoms with Gasteiger partial charge < -0.3 is 4.74 Å². The third kappa shape index (κ3) is 2.80. The number of ether oxygens (including phenoxy) is 1. The number of hydrogen-bond acceptors (Lipinski definition) is 3. The van der Waals surface area contributed by atoms with Crippen LogP contribution in [0.5, 0.6) is 0 Å². The van der Waals surface area contributed by atoms with Crippen LogP contribution in [0.2, 0.25) is 0 Å². The highest BCUT2D eigenvalue weighted by atomic mass is 79.9. The Morgan fingerprint density at radius 1 is 1.59 bits per heavy atom. The van der Waals surface area contributed by atoms with E-state index in [1.807, 2.05) is 0 Å². The van der Waals surface area contributed by atoms with Crippen LogP contribution in [-0.4, -0.2) is 12.6 Å². The first-order chi connectivity index (χ1) is 8.02. The highest BCUT2D eigenvalue weighted by Crippen LogP contribution is 2.31. The normalized spacial score (nSPS) is 10.1. The third-order valence-electron chi connectivity index (χ3n) is 2.01. The second kappa shape index (κ2) is 5.73. The first-order valence-electron chi connectivity index (χ1n) is 4.70. The quantitative estimate of drug-likeness (QED) is 0.804. The summed E-state index contributed by atoms with van der Waals surface area (Å²) in [5, 5.41) is 8.76. The Morgan fingerprint density at radius 3 is 2.71 bits per heavy atom. The lowest BCUT2D eigenvalue weighted by Crippen LogP contribution is -2.10. The standard InChI is InChI=1S/C11H8BrF2NO2/c1-2-17-11(16)8-7(10(13)14)4-3-6(5-15)9(8)12/h3-4,10H,2H2,1H3. The van der Waals surface area contributed by atoms with Crippen LogP contribution in [0.25, 0.3) is 0 Å². The van der Waals surface area contributed by atoms with E-state index in [9.17, 15) is 13.6 Å². The van der Waals surface area contributed by atoms with Gasteiger partial charge in [0, 0.05) is 5.56 Å². The van der Waals surface area contributed by atoms with E-state index in [0.717, 1.165) is 6.07 Å². The molecule has 0 aliphatic rings. The number of carbonyl (C=O) groups excluding carboxylic acids is 1. The highest BCUT2D eigenvalue weighted by Gasteiger charge is 2.24. The molecule has 3 nitrogen and oxygen atoms in total. The van der Waals surface area contributed by atoms with E-state index in [-0.39, 0.29) is 22.2 Å². The summed E-state index contributed by atoms with van der Waals surface area (Å²) < 4.78 is 30.2. The van der Waals surface area contributed by atoms with Crippen molar-refractivity contribution in [1.29, 1.82) is 5.26 Å². The highest BCUT2D eigenvalue weighted by molar-refractivity contribution is 9.10. The molecular formula is C11H8BrF2NO2. The van der Waals surface area contributed by atoms with Gasteiger partial charge in [-0.3, -0.25) is 0 Å². The maximum Gasteiger partial charge on any atom is 0.339 e. The second-order valence-corrected chi connectivity index (χ2v) is 3.82. The number of nitriles is 1. The molecular weight excluding hydrogens is 296 g/mol. The Labute approximate surface area is 105 Å². The molecule has 0 aliphatic heterocycles. The Kier molecular flexibility index (Phi) is 4.58. The van der Waals surface area contributed by atoms with Crippen molar-refractivity contribution < 1.29 is 18.3 Å². The molecule has 6 heteroatoms. The van der Waals surface area contributed by atoms with Crippen LogP contribution in [0, 0.1) is 11.3 Å². The van der Waals surface area contributed by atoms with Gasteiger partial charge >= 0.3 is 5.97 Å². The summed E-state index contributed by atoms with van der Waals surface area (Å²) in [6.45, 7) is 1.65. The molecule has 0 saturated carbocycles. The van der Waals surface area contributed by atoms with Gasteiger partial charge in [0.2, 0.25) is 0 Å². The number of rotatable bonds is 3. The van der Waals surface area contributed by atoms with Gasteiger partial charge in [-0.1, -0.05) is 6.07 Å². The average Bonchev–Trinajstić information content (AvgIpc) is 2.28. The number of benzene rings is 1. The number of halogens is 3. The van der Waals surface area contributed by atoms with Gasteiger partial charge in [0.15, 0.2) is 0 Å². The van der Waals surface area contributed by atoms with Crippen LogP contribution in [0.3, 0.4) is 0 Å². The van der Waals surface area contributed by atoms with Crippen molar-refractivity contribution in [2.75, 3.05) is 6.61 Å². The Balaban J connectivity index is 3.41. The summed E-state index contributed by atoms with van der Waals surface area (Å²) in [6, 6.07) is 4.09. The van der Waals surface area contributed by atoms with E-state index in [2.05, 4.69) is 20.7 Å². The maximum atomic E-state index is 12.7. The lowest BCUT2D eigenvalue weighted by Gasteiger charge is -2.11. The fourth-order valence-corrected chi connectivity index (χ4v) is 1.88. The van der Waals surface area contributed by atoms with E-state index in [0.29, 0.717) is 0 Å². The molecule has 0 spiro atoms. The van der Waals surface area contributed by atoms with Crippen molar-refractivity contribution in [2.24, 2.45) is 0 Å². The third-order valence-corrected chi connectivity index (χ3v) is 2.83. The fraction of sp³-hybridized carbons (Fsp3) is 0.273. The number of alkyl halides is 2. The van der Waals surface area contributed by atoms with Crippen molar-refractivity contribution in [1.82, 2.24) is 0 Å². The van der Waals surface area contributed by atoms with E-state index < -0.39 is 18.0 Å². The molecule has 0 unspecified atom stereocenters. The number of esters is 1. The lowest BCUT2D eigenvalue weighted by atomic mass is 10.0. The van der Waals surface area contributed by atoms with Crippen LogP contribution < -0.4 is 0 Å². The maximum absolute atomic E-state index is 12.7. The minimum absolute atomic E-state index is 0.0382. The number of carbonyl (C=O) groups is 1. The molecule has 0 atom stereocenters. The Bertz CT molecular complexity index is 483. The largest absolute Gasteiger partial charge is 0.462 e. The fourth-order valence-electron chi connectivity index (χ4n) is 1.27. The molecule has 0 heterocycles. The van der Waals surface area contributed by atoms with Gasteiger partial charge in [-0.15, -0.1) is 0 Å². The van der Waals surface area contributed by atoms with Gasteiger partial charge in [-0.25, -0.2) is 13.6 Å². The molecule has 17 heavy (non-hydrogen) atoms. The summed E-state index contributed by atoms with van der Waals surface area (Å²) in [5.74, 6) is -0.869. The summed E-state index contributed by atoms with van der Waals surface area (Å²) >= 11 is 2.97. The molecule has 1 aromatic carbocycles. The zero-order chi connectivity index (χ0) is 13.0. The molecule has 1 rings (SSSR count). The van der Waals surface area contributed by atoms with Crippen molar-refractivity contribution in [3.63, 3.8) is 0 Å². The van der Waals surface area contributed by atoms with E-state index >= 15 is 0 Å². The predicted octanol–water partition coefficient (Wildman–Crippen LogP) is 3.44. The van der Waals surface area contributed by atoms with Crippen molar-refractivity contribution in [3.05, 3.63) is 33.3 Å². The molecule has 0 amide bonds. The Morgan fingerprint density at radius 2 is 2.24 bits per heavy atom. The Hall–Kier alpha value is -1.48. The van der Waals surface area contributed by atoms with Crippen molar-refractivity contribution >= 4 is 21.9 Å². The summed E-state index contributed by atoms with van der Waals surface area (Å²) in [6.07, 6.45) is -2.81. The van der Waals surface area contributed by atoms with E-state index in [1.54, 1.807) is 13.0 Å². The lowest BCUT2D eigenvalue weighted by molar-refractivity contribution is 0.0514. The summed E-state index contributed by atoms with van der Waals surface area (Å²) in [4.78, 5) is 11.6. The van der Waals surface area contributed by atoms with Gasteiger partial charge in [-0.2, -0.15) is 5.26 Å². The second-order valence-electron chi connectivity index (χ2n) is 3.02. The smallest absolute Gasteiger partial charge is 0.339 e. The first-order valence-corrected chi connectivity index (χ1v) is 5.50. The minimum Gasteiger partial charge on any atom is -0.462 e. The molecule has 0 fully saturated rings. The van der Waals surface area contributed by atoms with Crippen LogP contribution in [0.4, 0.5) is 8.78 Å². The van der Waals surface area contributed by atoms with Crippen molar-refractivity contribution in [3.8, 4) is 6.07 Å². The number of hydrogen-bond donors (Lipinski definition) is 0. The topological polar surface area (TPSA) is 50.1 Å². The van der Waals surface area contributed by atoms with Gasteiger partial charge in [0.05, 0.1) is 22.2 Å². The van der Waals surface area contributed by atoms with E-state index in [4.69, 9.17) is 5.26 Å². The molecule has 0 radical (unpaired) electrons. The van der Waals surface area contributed by atoms with Gasteiger partial charge in [0.25, 0.3) is 6.43 Å². The summed E-state index contributed by atoms with van der Waals surface area (Å²) in [7, 11) is 0. The molecule has 0 bridgehead atoms. The van der Waals surface area contributed by atoms with Crippen LogP contribution in [-0.2, 0) is 4.74 Å². The average molecular weight is 304 g/mol. The molecule has 0 N–H and O–H groups in total. The monoisotopic (exact) mass is 303 g/mol.